The molecule has 3 rings (SSSR count). The molecule has 0 radical (unpaired) electrons. The highest BCUT2D eigenvalue weighted by molar-refractivity contribution is 5.89. The second kappa shape index (κ2) is 10.6. The van der Waals surface area contributed by atoms with Crippen LogP contribution >= 0.6 is 24.8 Å². The Labute approximate surface area is 187 Å². The van der Waals surface area contributed by atoms with E-state index in [1.807, 2.05) is 30.6 Å². The molecule has 2 atom stereocenters. The fourth-order valence-corrected chi connectivity index (χ4v) is 4.67. The molecule has 7 nitrogen and oxygen atoms in total. The van der Waals surface area contributed by atoms with E-state index in [1.54, 1.807) is 0 Å². The van der Waals surface area contributed by atoms with Crippen molar-refractivity contribution in [2.75, 3.05) is 52.4 Å². The van der Waals surface area contributed by atoms with Gasteiger partial charge >= 0.3 is 0 Å². The predicted octanol–water partition coefficient (Wildman–Crippen LogP) is 1.52. The molecule has 1 saturated carbocycles. The summed E-state index contributed by atoms with van der Waals surface area (Å²) >= 11 is 0. The third-order valence-corrected chi connectivity index (χ3v) is 6.90. The average Bonchev–Trinajstić information content (AvgIpc) is 3.08. The maximum Gasteiger partial charge on any atom is 0.243 e. The van der Waals surface area contributed by atoms with Crippen molar-refractivity contribution in [2.45, 2.75) is 58.1 Å². The number of nitrogens with zero attached hydrogens (tertiary/aromatic N) is 3. The van der Waals surface area contributed by atoms with Crippen molar-refractivity contribution in [2.24, 2.45) is 11.1 Å². The number of halogens is 2. The van der Waals surface area contributed by atoms with Gasteiger partial charge in [0.15, 0.2) is 0 Å². The van der Waals surface area contributed by atoms with E-state index in [-0.39, 0.29) is 48.1 Å². The van der Waals surface area contributed by atoms with E-state index in [2.05, 4.69) is 4.90 Å². The molecule has 1 aliphatic carbocycles. The molecule has 9 heteroatoms. The van der Waals surface area contributed by atoms with E-state index in [9.17, 15) is 9.59 Å². The molecule has 3 aliphatic rings. The van der Waals surface area contributed by atoms with Crippen LogP contribution in [0.3, 0.4) is 0 Å². The Morgan fingerprint density at radius 2 is 1.59 bits per heavy atom. The standard InChI is InChI=1S/C20H36N4O3.2ClH/c1-4-27-16-14-20(21,19(16,2)3)18(26)24-11-7-8-22(12-13-24)15-17(25)23-9-5-6-10-23;;/h16H,4-15,21H2,1-3H3;2*1H. The molecule has 0 bridgehead atoms. The lowest BCUT2D eigenvalue weighted by atomic mass is 9.54. The van der Waals surface area contributed by atoms with Crippen molar-refractivity contribution in [3.8, 4) is 0 Å². The molecular formula is C20H38Cl2N4O3. The first-order chi connectivity index (χ1) is 12.8. The highest BCUT2D eigenvalue weighted by Gasteiger charge is 2.63. The monoisotopic (exact) mass is 452 g/mol. The summed E-state index contributed by atoms with van der Waals surface area (Å²) in [6.07, 6.45) is 3.74. The zero-order valence-corrected chi connectivity index (χ0v) is 19.7. The second-order valence-corrected chi connectivity index (χ2v) is 8.85. The van der Waals surface area contributed by atoms with E-state index >= 15 is 0 Å². The maximum absolute atomic E-state index is 13.2. The third-order valence-electron chi connectivity index (χ3n) is 6.90. The van der Waals surface area contributed by atoms with Crippen LogP contribution in [0.5, 0.6) is 0 Å². The quantitative estimate of drug-likeness (QED) is 0.683. The summed E-state index contributed by atoms with van der Waals surface area (Å²) in [6.45, 7) is 11.9. The first-order valence-electron chi connectivity index (χ1n) is 10.5. The number of rotatable bonds is 5. The first kappa shape index (κ1) is 26.4. The zero-order valence-electron chi connectivity index (χ0n) is 18.0. The van der Waals surface area contributed by atoms with Crippen LogP contribution in [0.4, 0.5) is 0 Å². The van der Waals surface area contributed by atoms with Gasteiger partial charge in [0, 0.05) is 57.7 Å². The summed E-state index contributed by atoms with van der Waals surface area (Å²) in [5.41, 5.74) is 5.36. The molecule has 2 heterocycles. The van der Waals surface area contributed by atoms with Gasteiger partial charge in [-0.2, -0.15) is 0 Å². The van der Waals surface area contributed by atoms with Gasteiger partial charge in [0.2, 0.25) is 11.8 Å². The Balaban J connectivity index is 0.00000210. The molecule has 170 valence electrons. The van der Waals surface area contributed by atoms with Gasteiger partial charge in [-0.3, -0.25) is 14.5 Å². The molecule has 0 spiro atoms. The van der Waals surface area contributed by atoms with E-state index in [4.69, 9.17) is 10.5 Å². The molecule has 2 saturated heterocycles. The third kappa shape index (κ3) is 5.18. The molecule has 2 aliphatic heterocycles. The fourth-order valence-electron chi connectivity index (χ4n) is 4.67. The Morgan fingerprint density at radius 1 is 0.966 bits per heavy atom. The minimum Gasteiger partial charge on any atom is -0.378 e. The van der Waals surface area contributed by atoms with Crippen LogP contribution in [0.25, 0.3) is 0 Å². The summed E-state index contributed by atoms with van der Waals surface area (Å²) in [5, 5.41) is 0. The molecular weight excluding hydrogens is 415 g/mol. The smallest absolute Gasteiger partial charge is 0.243 e. The summed E-state index contributed by atoms with van der Waals surface area (Å²) < 4.78 is 5.76. The van der Waals surface area contributed by atoms with E-state index in [0.29, 0.717) is 32.7 Å². The van der Waals surface area contributed by atoms with Crippen LogP contribution in [-0.2, 0) is 14.3 Å². The van der Waals surface area contributed by atoms with Crippen LogP contribution in [0.1, 0.15) is 46.5 Å². The number of carbonyl (C=O) groups excluding carboxylic acids is 2. The predicted molar refractivity (Wildman–Crippen MR) is 119 cm³/mol. The van der Waals surface area contributed by atoms with E-state index < -0.39 is 5.54 Å². The number of ether oxygens (including phenoxy) is 1. The topological polar surface area (TPSA) is 79.1 Å². The average molecular weight is 453 g/mol. The van der Waals surface area contributed by atoms with Gasteiger partial charge < -0.3 is 20.3 Å². The Morgan fingerprint density at radius 3 is 2.17 bits per heavy atom. The van der Waals surface area contributed by atoms with Gasteiger partial charge in [-0.1, -0.05) is 13.8 Å². The second-order valence-electron chi connectivity index (χ2n) is 8.85. The summed E-state index contributed by atoms with van der Waals surface area (Å²) in [7, 11) is 0. The number of hydrogen-bond donors (Lipinski definition) is 1. The van der Waals surface area contributed by atoms with Crippen LogP contribution in [0, 0.1) is 5.41 Å². The lowest BCUT2D eigenvalue weighted by molar-refractivity contribution is -0.179. The van der Waals surface area contributed by atoms with Gasteiger partial charge in [-0.05, 0) is 26.2 Å². The van der Waals surface area contributed by atoms with Crippen LogP contribution in [0.15, 0.2) is 0 Å². The minimum absolute atomic E-state index is 0. The van der Waals surface area contributed by atoms with Crippen molar-refractivity contribution in [1.82, 2.24) is 14.7 Å². The zero-order chi connectivity index (χ0) is 19.7. The molecule has 3 fully saturated rings. The highest BCUT2D eigenvalue weighted by atomic mass is 35.5. The first-order valence-corrected chi connectivity index (χ1v) is 10.5. The number of hydrogen-bond acceptors (Lipinski definition) is 5. The van der Waals surface area contributed by atoms with Gasteiger partial charge in [0.1, 0.15) is 5.54 Å². The maximum atomic E-state index is 13.2. The van der Waals surface area contributed by atoms with E-state index in [0.717, 1.165) is 45.4 Å². The van der Waals surface area contributed by atoms with E-state index in [1.165, 1.54) is 0 Å². The Hall–Kier alpha value is -0.600. The van der Waals surface area contributed by atoms with Gasteiger partial charge in [0.25, 0.3) is 0 Å². The summed E-state index contributed by atoms with van der Waals surface area (Å²) in [5.74, 6) is 0.262. The normalized spacial score (nSPS) is 29.3. The van der Waals surface area contributed by atoms with Crippen molar-refractivity contribution >= 4 is 36.6 Å². The molecule has 2 amide bonds. The molecule has 0 aromatic heterocycles. The molecule has 2 N–H and O–H groups in total. The Bertz CT molecular complexity index is 572. The van der Waals surface area contributed by atoms with Crippen LogP contribution in [0.2, 0.25) is 0 Å². The fraction of sp³-hybridized carbons (Fsp3) is 0.900. The van der Waals surface area contributed by atoms with Crippen LogP contribution in [-0.4, -0.2) is 90.6 Å². The molecule has 0 aromatic rings. The highest BCUT2D eigenvalue weighted by Crippen LogP contribution is 2.50. The largest absolute Gasteiger partial charge is 0.378 e. The number of amides is 2. The number of carbonyl (C=O) groups is 2. The summed E-state index contributed by atoms with van der Waals surface area (Å²) in [6, 6.07) is 0. The molecule has 0 aromatic carbocycles. The molecule has 2 unspecified atom stereocenters. The van der Waals surface area contributed by atoms with Crippen LogP contribution < -0.4 is 5.73 Å². The number of nitrogens with two attached hydrogens (primary N) is 1. The lowest BCUT2D eigenvalue weighted by Crippen LogP contribution is -2.76. The van der Waals surface area contributed by atoms with Crippen molar-refractivity contribution in [1.29, 1.82) is 0 Å². The van der Waals surface area contributed by atoms with Gasteiger partial charge in [-0.15, -0.1) is 24.8 Å². The molecule has 29 heavy (non-hydrogen) atoms. The van der Waals surface area contributed by atoms with Gasteiger partial charge in [-0.25, -0.2) is 0 Å². The van der Waals surface area contributed by atoms with Gasteiger partial charge in [0.05, 0.1) is 12.6 Å². The minimum atomic E-state index is -0.854. The van der Waals surface area contributed by atoms with Crippen molar-refractivity contribution in [3.63, 3.8) is 0 Å². The Kier molecular flexibility index (Phi) is 9.68. The summed E-state index contributed by atoms with van der Waals surface area (Å²) in [4.78, 5) is 31.7. The van der Waals surface area contributed by atoms with Crippen molar-refractivity contribution in [3.05, 3.63) is 0 Å². The SMILES string of the molecule is CCOC1CC(N)(C(=O)N2CCCN(CC(=O)N3CCCC3)CC2)C1(C)C.Cl.Cl. The van der Waals surface area contributed by atoms with Crippen molar-refractivity contribution < 1.29 is 14.3 Å². The number of likely N-dealkylation sites (tertiary alicyclic amines) is 1. The lowest BCUT2D eigenvalue weighted by Gasteiger charge is -2.58.